The highest BCUT2D eigenvalue weighted by Gasteiger charge is 2.20. The molecule has 0 aliphatic rings. The van der Waals surface area contributed by atoms with Crippen molar-refractivity contribution in [1.82, 2.24) is 24.5 Å². The van der Waals surface area contributed by atoms with Crippen LogP contribution < -0.4 is 5.32 Å². The molecule has 0 saturated heterocycles. The van der Waals surface area contributed by atoms with Crippen LogP contribution in [0.1, 0.15) is 27.3 Å². The van der Waals surface area contributed by atoms with E-state index in [9.17, 15) is 9.18 Å². The molecule has 33 heavy (non-hydrogen) atoms. The topological polar surface area (TPSA) is 77.6 Å². The minimum atomic E-state index is -0.292. The molecular formula is C25H21FN6O. The van der Waals surface area contributed by atoms with E-state index in [0.717, 1.165) is 5.69 Å². The normalized spacial score (nSPS) is 11.1. The first-order valence-electron chi connectivity index (χ1n) is 10.5. The first kappa shape index (κ1) is 20.6. The predicted octanol–water partition coefficient (Wildman–Crippen LogP) is 4.67. The zero-order valence-electron chi connectivity index (χ0n) is 18.2. The van der Waals surface area contributed by atoms with Gasteiger partial charge in [0.05, 0.1) is 40.8 Å². The van der Waals surface area contributed by atoms with Gasteiger partial charge in [-0.3, -0.25) is 9.48 Å². The van der Waals surface area contributed by atoms with Gasteiger partial charge in [0, 0.05) is 17.5 Å². The fraction of sp³-hybridized carbons (Fsp3) is 0.120. The second kappa shape index (κ2) is 8.31. The number of hydrogen-bond acceptors (Lipinski definition) is 4. The fourth-order valence-electron chi connectivity index (χ4n) is 3.86. The molecule has 0 bridgehead atoms. The third-order valence-electron chi connectivity index (χ3n) is 5.37. The molecule has 5 aromatic rings. The van der Waals surface area contributed by atoms with Crippen molar-refractivity contribution >= 4 is 22.6 Å². The first-order chi connectivity index (χ1) is 16.0. The van der Waals surface area contributed by atoms with E-state index in [1.165, 1.54) is 6.07 Å². The quantitative estimate of drug-likeness (QED) is 0.431. The number of fused-ring (bicyclic) bond motifs is 1. The van der Waals surface area contributed by atoms with Gasteiger partial charge in [0.2, 0.25) is 0 Å². The van der Waals surface area contributed by atoms with Crippen LogP contribution in [0.15, 0.2) is 73.1 Å². The van der Waals surface area contributed by atoms with Gasteiger partial charge in [-0.15, -0.1) is 0 Å². The molecule has 0 atom stereocenters. The Morgan fingerprint density at radius 3 is 2.61 bits per heavy atom. The summed E-state index contributed by atoms with van der Waals surface area (Å²) in [6, 6.07) is 18.0. The van der Waals surface area contributed by atoms with E-state index in [1.54, 1.807) is 46.0 Å². The van der Waals surface area contributed by atoms with Gasteiger partial charge < -0.3 is 5.32 Å². The minimum absolute atomic E-state index is 0.268. The molecule has 0 saturated carbocycles. The molecule has 0 aliphatic heterocycles. The Morgan fingerprint density at radius 2 is 1.82 bits per heavy atom. The molecule has 7 nitrogen and oxygen atoms in total. The first-order valence-corrected chi connectivity index (χ1v) is 10.5. The lowest BCUT2D eigenvalue weighted by molar-refractivity contribution is 0.102. The van der Waals surface area contributed by atoms with Crippen molar-refractivity contribution in [2.45, 2.75) is 20.4 Å². The summed E-state index contributed by atoms with van der Waals surface area (Å²) < 4.78 is 17.3. The summed E-state index contributed by atoms with van der Waals surface area (Å²) >= 11 is 0. The molecule has 2 aromatic carbocycles. The average Bonchev–Trinajstić information content (AvgIpc) is 3.39. The van der Waals surface area contributed by atoms with Crippen LogP contribution in [0.2, 0.25) is 0 Å². The van der Waals surface area contributed by atoms with Crippen LogP contribution in [0.25, 0.3) is 16.7 Å². The molecule has 1 amide bonds. The van der Waals surface area contributed by atoms with Gasteiger partial charge >= 0.3 is 0 Å². The SMILES string of the molecule is Cc1cc(C(=O)Nc2cnn(Cc3ccccc3F)c2)c2c(C)nn(-c3ccccc3)c2n1. The number of carbonyl (C=O) groups is 1. The van der Waals surface area contributed by atoms with Crippen molar-refractivity contribution in [3.8, 4) is 5.69 Å². The van der Waals surface area contributed by atoms with Gasteiger partial charge in [-0.2, -0.15) is 10.2 Å². The van der Waals surface area contributed by atoms with E-state index < -0.39 is 0 Å². The van der Waals surface area contributed by atoms with E-state index in [0.29, 0.717) is 39.2 Å². The van der Waals surface area contributed by atoms with Crippen LogP contribution >= 0.6 is 0 Å². The van der Waals surface area contributed by atoms with Crippen LogP contribution in [0.3, 0.4) is 0 Å². The number of aryl methyl sites for hydroxylation is 2. The van der Waals surface area contributed by atoms with Crippen molar-refractivity contribution in [2.24, 2.45) is 0 Å². The van der Waals surface area contributed by atoms with Gasteiger partial charge in [-0.1, -0.05) is 36.4 Å². The maximum Gasteiger partial charge on any atom is 0.256 e. The van der Waals surface area contributed by atoms with Crippen LogP contribution in [0.5, 0.6) is 0 Å². The van der Waals surface area contributed by atoms with Crippen molar-refractivity contribution < 1.29 is 9.18 Å². The number of carbonyl (C=O) groups excluding carboxylic acids is 1. The van der Waals surface area contributed by atoms with Gasteiger partial charge in [0.25, 0.3) is 5.91 Å². The number of amides is 1. The van der Waals surface area contributed by atoms with Gasteiger partial charge in [0.1, 0.15) is 5.82 Å². The monoisotopic (exact) mass is 440 g/mol. The summed E-state index contributed by atoms with van der Waals surface area (Å²) in [5, 5.41) is 12.5. The number of nitrogens with zero attached hydrogens (tertiary/aromatic N) is 5. The molecular weight excluding hydrogens is 419 g/mol. The largest absolute Gasteiger partial charge is 0.319 e. The second-order valence-corrected chi connectivity index (χ2v) is 7.81. The van der Waals surface area contributed by atoms with Gasteiger partial charge in [0.15, 0.2) is 5.65 Å². The fourth-order valence-corrected chi connectivity index (χ4v) is 3.86. The van der Waals surface area contributed by atoms with E-state index in [4.69, 9.17) is 0 Å². The summed E-state index contributed by atoms with van der Waals surface area (Å²) in [7, 11) is 0. The number of aromatic nitrogens is 5. The Balaban J connectivity index is 1.45. The molecule has 0 radical (unpaired) electrons. The highest BCUT2D eigenvalue weighted by Crippen LogP contribution is 2.25. The highest BCUT2D eigenvalue weighted by atomic mass is 19.1. The third kappa shape index (κ3) is 3.98. The summed E-state index contributed by atoms with van der Waals surface area (Å²) in [6.45, 7) is 3.98. The summed E-state index contributed by atoms with van der Waals surface area (Å²) in [4.78, 5) is 17.9. The zero-order valence-corrected chi connectivity index (χ0v) is 18.2. The van der Waals surface area contributed by atoms with Gasteiger partial charge in [-0.25, -0.2) is 14.1 Å². The number of benzene rings is 2. The van der Waals surface area contributed by atoms with Crippen molar-refractivity contribution in [1.29, 1.82) is 0 Å². The molecule has 8 heteroatoms. The van der Waals surface area contributed by atoms with Crippen molar-refractivity contribution in [2.75, 3.05) is 5.32 Å². The van der Waals surface area contributed by atoms with Crippen LogP contribution in [-0.2, 0) is 6.54 Å². The molecule has 0 spiro atoms. The lowest BCUT2D eigenvalue weighted by atomic mass is 10.1. The number of pyridine rings is 1. The van der Waals surface area contributed by atoms with E-state index in [1.807, 2.05) is 44.2 Å². The Bertz CT molecular complexity index is 1470. The number of anilines is 1. The van der Waals surface area contributed by atoms with E-state index >= 15 is 0 Å². The summed E-state index contributed by atoms with van der Waals surface area (Å²) in [5.41, 5.74) is 4.44. The lowest BCUT2D eigenvalue weighted by Crippen LogP contribution is -2.13. The number of para-hydroxylation sites is 1. The van der Waals surface area contributed by atoms with Crippen molar-refractivity contribution in [3.63, 3.8) is 0 Å². The Kier molecular flexibility index (Phi) is 5.18. The van der Waals surface area contributed by atoms with Crippen LogP contribution in [-0.4, -0.2) is 30.5 Å². The maximum atomic E-state index is 13.9. The Morgan fingerprint density at radius 1 is 1.06 bits per heavy atom. The molecule has 3 aromatic heterocycles. The molecule has 1 N–H and O–H groups in total. The summed E-state index contributed by atoms with van der Waals surface area (Å²) in [6.07, 6.45) is 3.22. The standard InChI is InChI=1S/C25H21FN6O/c1-16-12-21(23-17(2)30-32(24(23)28-16)20-9-4-3-5-10-20)25(33)29-19-13-27-31(15-19)14-18-8-6-7-11-22(18)26/h3-13,15H,14H2,1-2H3,(H,29,33). The summed E-state index contributed by atoms with van der Waals surface area (Å²) in [5.74, 6) is -0.578. The van der Waals surface area contributed by atoms with E-state index in [-0.39, 0.29) is 18.3 Å². The Labute approximate surface area is 189 Å². The molecule has 164 valence electrons. The van der Waals surface area contributed by atoms with Crippen LogP contribution in [0.4, 0.5) is 10.1 Å². The smallest absolute Gasteiger partial charge is 0.256 e. The zero-order chi connectivity index (χ0) is 22.9. The molecule has 3 heterocycles. The molecule has 5 rings (SSSR count). The maximum absolute atomic E-state index is 13.9. The minimum Gasteiger partial charge on any atom is -0.319 e. The number of rotatable bonds is 5. The average molecular weight is 440 g/mol. The molecule has 0 fully saturated rings. The number of nitrogens with one attached hydrogen (secondary N) is 1. The third-order valence-corrected chi connectivity index (χ3v) is 5.37. The van der Waals surface area contributed by atoms with E-state index in [2.05, 4.69) is 20.5 Å². The predicted molar refractivity (Wildman–Crippen MR) is 124 cm³/mol. The number of halogens is 1. The Hall–Kier alpha value is -4.33. The number of hydrogen-bond donors (Lipinski definition) is 1. The van der Waals surface area contributed by atoms with Crippen molar-refractivity contribution in [3.05, 3.63) is 101 Å². The van der Waals surface area contributed by atoms with Crippen LogP contribution in [0, 0.1) is 19.7 Å². The van der Waals surface area contributed by atoms with Gasteiger partial charge in [-0.05, 0) is 38.1 Å². The lowest BCUT2D eigenvalue weighted by Gasteiger charge is -2.07. The molecule has 0 aliphatic carbocycles. The second-order valence-electron chi connectivity index (χ2n) is 7.81. The highest BCUT2D eigenvalue weighted by molar-refractivity contribution is 6.12. The molecule has 0 unspecified atom stereocenters.